The molecular formula is C17H26N2O3S. The quantitative estimate of drug-likeness (QED) is 0.890. The Hall–Kier alpha value is -0.950. The fourth-order valence-corrected chi connectivity index (χ4v) is 4.43. The van der Waals surface area contributed by atoms with E-state index in [2.05, 4.69) is 10.2 Å². The molecular weight excluding hydrogens is 312 g/mol. The Morgan fingerprint density at radius 1 is 1.35 bits per heavy atom. The number of thiophene rings is 1. The van der Waals surface area contributed by atoms with Crippen LogP contribution in [0.3, 0.4) is 0 Å². The molecule has 0 aliphatic carbocycles. The third-order valence-electron chi connectivity index (χ3n) is 4.78. The maximum absolute atomic E-state index is 12.5. The van der Waals surface area contributed by atoms with Crippen LogP contribution in [0, 0.1) is 19.8 Å². The van der Waals surface area contributed by atoms with E-state index in [9.17, 15) is 4.79 Å². The molecule has 128 valence electrons. The number of amides is 1. The van der Waals surface area contributed by atoms with E-state index in [1.54, 1.807) is 11.3 Å². The highest BCUT2D eigenvalue weighted by molar-refractivity contribution is 7.12. The van der Waals surface area contributed by atoms with E-state index in [4.69, 9.17) is 9.47 Å². The minimum atomic E-state index is 0.0454. The third kappa shape index (κ3) is 4.12. The predicted octanol–water partition coefficient (Wildman–Crippen LogP) is 1.83. The van der Waals surface area contributed by atoms with Crippen molar-refractivity contribution in [2.75, 3.05) is 46.1 Å². The highest BCUT2D eigenvalue weighted by Gasteiger charge is 2.31. The van der Waals surface area contributed by atoms with E-state index in [1.165, 1.54) is 4.88 Å². The summed E-state index contributed by atoms with van der Waals surface area (Å²) in [6, 6.07) is 2.32. The molecule has 1 N–H and O–H groups in total. The van der Waals surface area contributed by atoms with Crippen molar-refractivity contribution in [3.8, 4) is 0 Å². The molecule has 0 spiro atoms. The zero-order valence-electron chi connectivity index (χ0n) is 14.0. The van der Waals surface area contributed by atoms with Crippen LogP contribution in [0.2, 0.25) is 0 Å². The van der Waals surface area contributed by atoms with Gasteiger partial charge in [-0.15, -0.1) is 11.3 Å². The summed E-state index contributed by atoms with van der Waals surface area (Å²) in [5.74, 6) is 0.544. The van der Waals surface area contributed by atoms with Gasteiger partial charge in [-0.25, -0.2) is 0 Å². The Morgan fingerprint density at radius 2 is 2.13 bits per heavy atom. The van der Waals surface area contributed by atoms with Gasteiger partial charge in [0, 0.05) is 48.0 Å². The van der Waals surface area contributed by atoms with Gasteiger partial charge in [0.25, 0.3) is 5.91 Å². The summed E-state index contributed by atoms with van der Waals surface area (Å²) in [7, 11) is 0. The zero-order chi connectivity index (χ0) is 16.2. The maximum Gasteiger partial charge on any atom is 0.252 e. The smallest absolute Gasteiger partial charge is 0.252 e. The van der Waals surface area contributed by atoms with Crippen LogP contribution >= 0.6 is 11.3 Å². The van der Waals surface area contributed by atoms with Gasteiger partial charge in [0.2, 0.25) is 0 Å². The molecule has 0 aromatic carbocycles. The fraction of sp³-hybridized carbons (Fsp3) is 0.706. The van der Waals surface area contributed by atoms with Crippen LogP contribution in [0.1, 0.15) is 26.5 Å². The highest BCUT2D eigenvalue weighted by atomic mass is 32.1. The van der Waals surface area contributed by atoms with E-state index >= 15 is 0 Å². The molecule has 23 heavy (non-hydrogen) atoms. The van der Waals surface area contributed by atoms with E-state index in [0.717, 1.165) is 56.4 Å². The maximum atomic E-state index is 12.5. The summed E-state index contributed by atoms with van der Waals surface area (Å²) in [5.41, 5.74) is 0.816. The lowest BCUT2D eigenvalue weighted by atomic mass is 9.96. The summed E-state index contributed by atoms with van der Waals surface area (Å²) in [5, 5.41) is 3.16. The van der Waals surface area contributed by atoms with Crippen LogP contribution in [0.5, 0.6) is 0 Å². The molecule has 2 aliphatic rings. The average Bonchev–Trinajstić information content (AvgIpc) is 3.18. The molecule has 2 aliphatic heterocycles. The molecule has 0 saturated carbocycles. The first-order chi connectivity index (χ1) is 11.1. The second-order valence-corrected chi connectivity index (χ2v) is 7.84. The number of rotatable bonds is 5. The SMILES string of the molecule is Cc1cc(C(=O)NC[C@@H]([C@@H]2CCOC2)N2CCOCC2)c(C)s1. The van der Waals surface area contributed by atoms with E-state index in [1.807, 2.05) is 19.9 Å². The van der Waals surface area contributed by atoms with Crippen molar-refractivity contribution in [3.05, 3.63) is 21.4 Å². The lowest BCUT2D eigenvalue weighted by Gasteiger charge is -2.37. The number of nitrogens with one attached hydrogen (secondary N) is 1. The van der Waals surface area contributed by atoms with Crippen LogP contribution in [-0.4, -0.2) is 62.9 Å². The molecule has 1 amide bonds. The molecule has 5 nitrogen and oxygen atoms in total. The average molecular weight is 338 g/mol. The Balaban J connectivity index is 1.63. The predicted molar refractivity (Wildman–Crippen MR) is 91.2 cm³/mol. The fourth-order valence-electron chi connectivity index (χ4n) is 3.51. The van der Waals surface area contributed by atoms with Gasteiger partial charge in [0.05, 0.1) is 25.4 Å². The standard InChI is InChI=1S/C17H26N2O3S/c1-12-9-15(13(2)23-12)17(20)18-10-16(14-3-6-22-11-14)19-4-7-21-8-5-19/h9,14,16H,3-8,10-11H2,1-2H3,(H,18,20)/t14-,16+/m1/s1. The van der Waals surface area contributed by atoms with Crippen molar-refractivity contribution in [2.24, 2.45) is 5.92 Å². The summed E-state index contributed by atoms with van der Waals surface area (Å²) >= 11 is 1.68. The van der Waals surface area contributed by atoms with Crippen LogP contribution in [0.25, 0.3) is 0 Å². The summed E-state index contributed by atoms with van der Waals surface area (Å²) in [4.78, 5) is 17.2. The van der Waals surface area contributed by atoms with Crippen LogP contribution in [0.15, 0.2) is 6.07 Å². The van der Waals surface area contributed by atoms with Crippen LogP contribution < -0.4 is 5.32 Å². The van der Waals surface area contributed by atoms with Crippen molar-refractivity contribution in [1.82, 2.24) is 10.2 Å². The van der Waals surface area contributed by atoms with Crippen molar-refractivity contribution < 1.29 is 14.3 Å². The molecule has 1 aromatic heterocycles. The van der Waals surface area contributed by atoms with Gasteiger partial charge in [0.1, 0.15) is 0 Å². The number of carbonyl (C=O) groups is 1. The first kappa shape index (κ1) is 16.9. The van der Waals surface area contributed by atoms with Crippen molar-refractivity contribution >= 4 is 17.2 Å². The molecule has 2 fully saturated rings. The van der Waals surface area contributed by atoms with E-state index in [-0.39, 0.29) is 5.91 Å². The lowest BCUT2D eigenvalue weighted by molar-refractivity contribution is 0.00166. The molecule has 0 bridgehead atoms. The Morgan fingerprint density at radius 3 is 2.74 bits per heavy atom. The Bertz CT molecular complexity index is 534. The lowest BCUT2D eigenvalue weighted by Crippen LogP contribution is -2.52. The van der Waals surface area contributed by atoms with E-state index < -0.39 is 0 Å². The Labute approximate surface area is 142 Å². The van der Waals surface area contributed by atoms with Gasteiger partial charge in [-0.3, -0.25) is 9.69 Å². The molecule has 3 heterocycles. The molecule has 2 atom stereocenters. The molecule has 0 radical (unpaired) electrons. The number of hydrogen-bond donors (Lipinski definition) is 1. The summed E-state index contributed by atoms with van der Waals surface area (Å²) in [6.07, 6.45) is 1.08. The van der Waals surface area contributed by atoms with Crippen molar-refractivity contribution in [2.45, 2.75) is 26.3 Å². The molecule has 6 heteroatoms. The summed E-state index contributed by atoms with van der Waals surface area (Å²) in [6.45, 7) is 9.80. The van der Waals surface area contributed by atoms with Gasteiger partial charge in [-0.1, -0.05) is 0 Å². The Kier molecular flexibility index (Phi) is 5.69. The number of carbonyl (C=O) groups excluding carboxylic acids is 1. The van der Waals surface area contributed by atoms with Crippen molar-refractivity contribution in [3.63, 3.8) is 0 Å². The molecule has 1 aromatic rings. The van der Waals surface area contributed by atoms with Gasteiger partial charge >= 0.3 is 0 Å². The van der Waals surface area contributed by atoms with Gasteiger partial charge in [0.15, 0.2) is 0 Å². The minimum Gasteiger partial charge on any atom is -0.381 e. The second-order valence-electron chi connectivity index (χ2n) is 6.38. The first-order valence-corrected chi connectivity index (χ1v) is 9.21. The van der Waals surface area contributed by atoms with Gasteiger partial charge in [-0.05, 0) is 26.3 Å². The largest absolute Gasteiger partial charge is 0.381 e. The number of nitrogens with zero attached hydrogens (tertiary/aromatic N) is 1. The normalized spacial score (nSPS) is 23.8. The second kappa shape index (κ2) is 7.75. The first-order valence-electron chi connectivity index (χ1n) is 8.40. The number of ether oxygens (including phenoxy) is 2. The third-order valence-corrected chi connectivity index (χ3v) is 5.75. The molecule has 0 unspecified atom stereocenters. The monoisotopic (exact) mass is 338 g/mol. The zero-order valence-corrected chi connectivity index (χ0v) is 14.8. The van der Waals surface area contributed by atoms with Gasteiger partial charge < -0.3 is 14.8 Å². The summed E-state index contributed by atoms with van der Waals surface area (Å²) < 4.78 is 11.0. The molecule has 2 saturated heterocycles. The highest BCUT2D eigenvalue weighted by Crippen LogP contribution is 2.23. The van der Waals surface area contributed by atoms with Gasteiger partial charge in [-0.2, -0.15) is 0 Å². The molecule has 3 rings (SSSR count). The van der Waals surface area contributed by atoms with Crippen LogP contribution in [0.4, 0.5) is 0 Å². The number of morpholine rings is 1. The topological polar surface area (TPSA) is 50.8 Å². The minimum absolute atomic E-state index is 0.0454. The van der Waals surface area contributed by atoms with Crippen LogP contribution in [-0.2, 0) is 9.47 Å². The van der Waals surface area contributed by atoms with E-state index in [0.29, 0.717) is 18.5 Å². The van der Waals surface area contributed by atoms with Crippen molar-refractivity contribution in [1.29, 1.82) is 0 Å². The number of aryl methyl sites for hydroxylation is 2. The number of hydrogen-bond acceptors (Lipinski definition) is 5.